The van der Waals surface area contributed by atoms with E-state index in [2.05, 4.69) is 14.9 Å². The number of benzene rings is 1. The zero-order valence-electron chi connectivity index (χ0n) is 13.8. The van der Waals surface area contributed by atoms with Crippen LogP contribution in [0, 0.1) is 0 Å². The Bertz CT molecular complexity index is 1020. The highest BCUT2D eigenvalue weighted by Crippen LogP contribution is 2.21. The van der Waals surface area contributed by atoms with Crippen molar-refractivity contribution in [3.8, 4) is 10.7 Å². The lowest BCUT2D eigenvalue weighted by Crippen LogP contribution is -2.26. The highest BCUT2D eigenvalue weighted by atomic mass is 35.5. The Morgan fingerprint density at radius 2 is 2.15 bits per heavy atom. The van der Waals surface area contributed by atoms with Crippen LogP contribution in [-0.2, 0) is 26.2 Å². The molecule has 8 nitrogen and oxygen atoms in total. The van der Waals surface area contributed by atoms with Gasteiger partial charge in [-0.25, -0.2) is 13.1 Å². The number of aromatic nitrogens is 2. The van der Waals surface area contributed by atoms with Crippen LogP contribution >= 0.6 is 22.9 Å². The molecule has 3 aromatic rings. The predicted molar refractivity (Wildman–Crippen MR) is 98.7 cm³/mol. The molecular weight excluding hydrogens is 414 g/mol. The van der Waals surface area contributed by atoms with Gasteiger partial charge in [0.2, 0.25) is 15.8 Å². The number of esters is 1. The van der Waals surface area contributed by atoms with Gasteiger partial charge in [-0.2, -0.15) is 4.98 Å². The minimum absolute atomic E-state index is 0.0235. The summed E-state index contributed by atoms with van der Waals surface area (Å²) in [7, 11) is -3.75. The fraction of sp³-hybridized carbons (Fsp3) is 0.188. The van der Waals surface area contributed by atoms with Gasteiger partial charge in [-0.3, -0.25) is 4.79 Å². The maximum Gasteiger partial charge on any atom is 0.307 e. The minimum Gasteiger partial charge on any atom is -0.456 e. The van der Waals surface area contributed by atoms with Crippen molar-refractivity contribution in [3.63, 3.8) is 0 Å². The van der Waals surface area contributed by atoms with Crippen LogP contribution in [0.2, 0.25) is 5.02 Å². The number of carbonyl (C=O) groups excluding carboxylic acids is 1. The average molecular weight is 428 g/mol. The highest BCUT2D eigenvalue weighted by molar-refractivity contribution is 7.89. The van der Waals surface area contributed by atoms with Gasteiger partial charge in [0.25, 0.3) is 5.89 Å². The Morgan fingerprint density at radius 3 is 2.89 bits per heavy atom. The van der Waals surface area contributed by atoms with Crippen LogP contribution in [0.4, 0.5) is 0 Å². The van der Waals surface area contributed by atoms with Crippen molar-refractivity contribution in [2.24, 2.45) is 0 Å². The first-order chi connectivity index (χ1) is 12.9. The van der Waals surface area contributed by atoms with Crippen molar-refractivity contribution in [2.45, 2.75) is 17.9 Å². The third-order valence-electron chi connectivity index (χ3n) is 3.29. The van der Waals surface area contributed by atoms with Gasteiger partial charge in [-0.1, -0.05) is 28.9 Å². The fourth-order valence-electron chi connectivity index (χ4n) is 2.04. The molecule has 11 heteroatoms. The van der Waals surface area contributed by atoms with Crippen molar-refractivity contribution in [1.29, 1.82) is 0 Å². The van der Waals surface area contributed by atoms with Crippen LogP contribution in [0.15, 0.2) is 51.2 Å². The molecule has 0 saturated carbocycles. The van der Waals surface area contributed by atoms with Crippen LogP contribution in [0.5, 0.6) is 0 Å². The van der Waals surface area contributed by atoms with E-state index in [1.54, 1.807) is 6.07 Å². The Labute approximate surface area is 164 Å². The number of hydrogen-bond donors (Lipinski definition) is 1. The van der Waals surface area contributed by atoms with Crippen molar-refractivity contribution < 1.29 is 22.5 Å². The first-order valence-electron chi connectivity index (χ1n) is 7.71. The molecule has 0 fully saturated rings. The van der Waals surface area contributed by atoms with Gasteiger partial charge in [0, 0.05) is 11.6 Å². The third-order valence-corrected chi connectivity index (χ3v) is 5.85. The van der Waals surface area contributed by atoms with E-state index in [-0.39, 0.29) is 30.4 Å². The Morgan fingerprint density at radius 1 is 1.30 bits per heavy atom. The molecular formula is C16H14ClN3O5S2. The summed E-state index contributed by atoms with van der Waals surface area (Å²) in [6, 6.07) is 9.54. The summed E-state index contributed by atoms with van der Waals surface area (Å²) in [5.74, 6) is -0.0174. The molecule has 3 rings (SSSR count). The Balaban J connectivity index is 1.45. The first kappa shape index (κ1) is 19.5. The summed E-state index contributed by atoms with van der Waals surface area (Å²) in [5.41, 5.74) is 0. The van der Waals surface area contributed by atoms with Gasteiger partial charge < -0.3 is 9.26 Å². The molecule has 27 heavy (non-hydrogen) atoms. The fourth-order valence-corrected chi connectivity index (χ4v) is 4.02. The van der Waals surface area contributed by atoms with Crippen LogP contribution in [0.3, 0.4) is 0 Å². The minimum atomic E-state index is -3.75. The first-order valence-corrected chi connectivity index (χ1v) is 10.5. The second-order valence-corrected chi connectivity index (χ2v) is 8.41. The quantitative estimate of drug-likeness (QED) is 0.550. The summed E-state index contributed by atoms with van der Waals surface area (Å²) in [6.45, 7) is -0.295. The van der Waals surface area contributed by atoms with Gasteiger partial charge in [0.15, 0.2) is 6.61 Å². The lowest BCUT2D eigenvalue weighted by molar-refractivity contribution is -0.145. The maximum absolute atomic E-state index is 12.1. The monoisotopic (exact) mass is 427 g/mol. The summed E-state index contributed by atoms with van der Waals surface area (Å²) >= 11 is 7.24. The molecule has 0 unspecified atom stereocenters. The normalized spacial score (nSPS) is 11.4. The third kappa shape index (κ3) is 5.36. The molecule has 0 saturated heterocycles. The Hall–Kier alpha value is -2.27. The van der Waals surface area contributed by atoms with Crippen LogP contribution in [0.1, 0.15) is 12.3 Å². The second-order valence-electron chi connectivity index (χ2n) is 5.25. The molecule has 0 aliphatic carbocycles. The van der Waals surface area contributed by atoms with Crippen LogP contribution in [0.25, 0.3) is 10.7 Å². The van der Waals surface area contributed by atoms with Crippen LogP contribution in [-0.4, -0.2) is 31.1 Å². The topological polar surface area (TPSA) is 111 Å². The largest absolute Gasteiger partial charge is 0.456 e. The molecule has 0 bridgehead atoms. The Kier molecular flexibility index (Phi) is 6.22. The molecule has 0 atom stereocenters. The van der Waals surface area contributed by atoms with Gasteiger partial charge in [-0.15, -0.1) is 11.3 Å². The van der Waals surface area contributed by atoms with E-state index < -0.39 is 16.0 Å². The molecule has 1 N–H and O–H groups in total. The SMILES string of the molecule is O=C(CCNS(=O)(=O)c1cccc(Cl)c1)OCc1nc(-c2cccs2)no1. The molecule has 2 heterocycles. The van der Waals surface area contributed by atoms with E-state index in [0.29, 0.717) is 10.8 Å². The van der Waals surface area contributed by atoms with Gasteiger partial charge in [0.05, 0.1) is 16.2 Å². The number of halogens is 1. The highest BCUT2D eigenvalue weighted by Gasteiger charge is 2.16. The molecule has 0 spiro atoms. The van der Waals surface area contributed by atoms with Gasteiger partial charge in [-0.05, 0) is 29.6 Å². The molecule has 0 radical (unpaired) electrons. The van der Waals surface area contributed by atoms with Crippen molar-refractivity contribution in [1.82, 2.24) is 14.9 Å². The standard InChI is InChI=1S/C16H14ClN3O5S2/c17-11-3-1-4-12(9-11)27(22,23)18-7-6-15(21)24-10-14-19-16(20-25-14)13-5-2-8-26-13/h1-5,8-9,18H,6-7,10H2. The maximum atomic E-state index is 12.1. The van der Waals surface area contributed by atoms with Crippen LogP contribution < -0.4 is 4.72 Å². The van der Waals surface area contributed by atoms with E-state index in [4.69, 9.17) is 20.9 Å². The van der Waals surface area contributed by atoms with E-state index in [1.807, 2.05) is 17.5 Å². The number of hydrogen-bond acceptors (Lipinski definition) is 8. The molecule has 142 valence electrons. The van der Waals surface area contributed by atoms with Crippen molar-refractivity contribution in [3.05, 3.63) is 52.7 Å². The number of carbonyl (C=O) groups is 1. The number of nitrogens with one attached hydrogen (secondary N) is 1. The number of rotatable bonds is 8. The predicted octanol–water partition coefficient (Wildman–Crippen LogP) is 2.86. The lowest BCUT2D eigenvalue weighted by atomic mass is 10.4. The van der Waals surface area contributed by atoms with Crippen molar-refractivity contribution >= 4 is 38.9 Å². The van der Waals surface area contributed by atoms with E-state index in [0.717, 1.165) is 4.88 Å². The molecule has 1 aromatic carbocycles. The molecule has 0 aliphatic heterocycles. The summed E-state index contributed by atoms with van der Waals surface area (Å²) in [5, 5.41) is 5.99. The molecule has 2 aromatic heterocycles. The molecule has 0 amide bonds. The van der Waals surface area contributed by atoms with E-state index in [9.17, 15) is 13.2 Å². The smallest absolute Gasteiger partial charge is 0.307 e. The molecule has 0 aliphatic rings. The zero-order valence-corrected chi connectivity index (χ0v) is 16.2. The zero-order chi connectivity index (χ0) is 19.3. The number of nitrogens with zero attached hydrogens (tertiary/aromatic N) is 2. The van der Waals surface area contributed by atoms with E-state index >= 15 is 0 Å². The van der Waals surface area contributed by atoms with Crippen molar-refractivity contribution in [2.75, 3.05) is 6.54 Å². The van der Waals surface area contributed by atoms with Gasteiger partial charge >= 0.3 is 5.97 Å². The average Bonchev–Trinajstić information content (AvgIpc) is 3.31. The summed E-state index contributed by atoms with van der Waals surface area (Å²) < 4.78 is 36.6. The number of ether oxygens (including phenoxy) is 1. The summed E-state index contributed by atoms with van der Waals surface area (Å²) in [4.78, 5) is 16.7. The number of thiophene rings is 1. The number of sulfonamides is 1. The second kappa shape index (κ2) is 8.61. The van der Waals surface area contributed by atoms with Gasteiger partial charge in [0.1, 0.15) is 0 Å². The lowest BCUT2D eigenvalue weighted by Gasteiger charge is -2.06. The summed E-state index contributed by atoms with van der Waals surface area (Å²) in [6.07, 6.45) is -0.147. The van der Waals surface area contributed by atoms with E-state index in [1.165, 1.54) is 29.5 Å².